The van der Waals surface area contributed by atoms with Gasteiger partial charge in [-0.1, -0.05) is 37.3 Å². The molecule has 2 saturated heterocycles. The third-order valence-corrected chi connectivity index (χ3v) is 5.77. The van der Waals surface area contributed by atoms with Crippen molar-refractivity contribution >= 4 is 5.91 Å². The summed E-state index contributed by atoms with van der Waals surface area (Å²) in [5.41, 5.74) is 1.43. The molecule has 2 atom stereocenters. The van der Waals surface area contributed by atoms with Crippen LogP contribution in [0.5, 0.6) is 0 Å². The SMILES string of the molecule is CCN1C(C)CC[C@H]1C(=O)N1CCC(Cc2ccccc2)CC1. The lowest BCUT2D eigenvalue weighted by molar-refractivity contribution is -0.137. The topological polar surface area (TPSA) is 23.6 Å². The fourth-order valence-electron chi connectivity index (χ4n) is 4.35. The third-order valence-electron chi connectivity index (χ3n) is 5.77. The normalized spacial score (nSPS) is 26.6. The molecule has 3 heteroatoms. The van der Waals surface area contributed by atoms with E-state index in [0.717, 1.165) is 57.7 Å². The van der Waals surface area contributed by atoms with Crippen LogP contribution in [0.15, 0.2) is 30.3 Å². The van der Waals surface area contributed by atoms with E-state index in [1.165, 1.54) is 5.56 Å². The van der Waals surface area contributed by atoms with Gasteiger partial charge >= 0.3 is 0 Å². The van der Waals surface area contributed by atoms with Gasteiger partial charge in [-0.2, -0.15) is 0 Å². The predicted octanol–water partition coefficient (Wildman–Crippen LogP) is 3.34. The summed E-state index contributed by atoms with van der Waals surface area (Å²) in [6.07, 6.45) is 5.65. The van der Waals surface area contributed by atoms with Crippen LogP contribution < -0.4 is 0 Å². The first-order valence-electron chi connectivity index (χ1n) is 9.27. The second-order valence-corrected chi connectivity index (χ2v) is 7.23. The van der Waals surface area contributed by atoms with Crippen LogP contribution in [0.3, 0.4) is 0 Å². The Balaban J connectivity index is 1.51. The van der Waals surface area contributed by atoms with Crippen LogP contribution in [0.4, 0.5) is 0 Å². The quantitative estimate of drug-likeness (QED) is 0.851. The summed E-state index contributed by atoms with van der Waals surface area (Å²) in [7, 11) is 0. The van der Waals surface area contributed by atoms with Crippen LogP contribution in [-0.2, 0) is 11.2 Å². The molecule has 1 amide bonds. The van der Waals surface area contributed by atoms with E-state index >= 15 is 0 Å². The van der Waals surface area contributed by atoms with Crippen molar-refractivity contribution < 1.29 is 4.79 Å². The average Bonchev–Trinajstić information content (AvgIpc) is 2.96. The van der Waals surface area contributed by atoms with Crippen LogP contribution >= 0.6 is 0 Å². The molecule has 0 N–H and O–H groups in total. The Morgan fingerprint density at radius 1 is 1.09 bits per heavy atom. The summed E-state index contributed by atoms with van der Waals surface area (Å²) in [5.74, 6) is 1.11. The largest absolute Gasteiger partial charge is 0.341 e. The molecular formula is C20H30N2O. The van der Waals surface area contributed by atoms with Crippen molar-refractivity contribution in [3.05, 3.63) is 35.9 Å². The lowest BCUT2D eigenvalue weighted by atomic mass is 9.90. The summed E-state index contributed by atoms with van der Waals surface area (Å²) in [5, 5.41) is 0. The van der Waals surface area contributed by atoms with E-state index in [2.05, 4.69) is 54.0 Å². The Labute approximate surface area is 140 Å². The van der Waals surface area contributed by atoms with E-state index in [4.69, 9.17) is 0 Å². The first-order chi connectivity index (χ1) is 11.2. The second kappa shape index (κ2) is 7.48. The fraction of sp³-hybridized carbons (Fsp3) is 0.650. The maximum atomic E-state index is 12.9. The summed E-state index contributed by atoms with van der Waals surface area (Å²) in [4.78, 5) is 17.4. The van der Waals surface area contributed by atoms with Crippen molar-refractivity contribution in [3.63, 3.8) is 0 Å². The summed E-state index contributed by atoms with van der Waals surface area (Å²) < 4.78 is 0. The maximum Gasteiger partial charge on any atom is 0.239 e. The standard InChI is InChI=1S/C20H30N2O/c1-3-22-16(2)9-10-19(22)20(23)21-13-11-18(12-14-21)15-17-7-5-4-6-8-17/h4-8,16,18-19H,3,9-15H2,1-2H3/t16?,19-/m0/s1. The number of likely N-dealkylation sites (N-methyl/N-ethyl adjacent to an activating group) is 1. The van der Waals surface area contributed by atoms with Gasteiger partial charge in [-0.3, -0.25) is 9.69 Å². The van der Waals surface area contributed by atoms with Gasteiger partial charge in [0.1, 0.15) is 0 Å². The van der Waals surface area contributed by atoms with Gasteiger partial charge in [-0.25, -0.2) is 0 Å². The van der Waals surface area contributed by atoms with Gasteiger partial charge in [0.25, 0.3) is 0 Å². The van der Waals surface area contributed by atoms with Crippen molar-refractivity contribution in [2.24, 2.45) is 5.92 Å². The van der Waals surface area contributed by atoms with Crippen LogP contribution in [0.2, 0.25) is 0 Å². The Bertz CT molecular complexity index is 508. The molecular weight excluding hydrogens is 284 g/mol. The van der Waals surface area contributed by atoms with Crippen molar-refractivity contribution in [2.75, 3.05) is 19.6 Å². The third kappa shape index (κ3) is 3.77. The van der Waals surface area contributed by atoms with Crippen LogP contribution in [0, 0.1) is 5.92 Å². The number of amides is 1. The Kier molecular flexibility index (Phi) is 5.37. The number of likely N-dealkylation sites (tertiary alicyclic amines) is 2. The van der Waals surface area contributed by atoms with Gasteiger partial charge in [0.15, 0.2) is 0 Å². The van der Waals surface area contributed by atoms with Gasteiger partial charge in [-0.15, -0.1) is 0 Å². The Morgan fingerprint density at radius 2 is 1.78 bits per heavy atom. The monoisotopic (exact) mass is 314 g/mol. The van der Waals surface area contributed by atoms with Gasteiger partial charge in [0.05, 0.1) is 6.04 Å². The summed E-state index contributed by atoms with van der Waals surface area (Å²) >= 11 is 0. The molecule has 0 aromatic heterocycles. The minimum atomic E-state index is 0.140. The highest BCUT2D eigenvalue weighted by molar-refractivity contribution is 5.82. The number of benzene rings is 1. The number of piperidine rings is 1. The highest BCUT2D eigenvalue weighted by Gasteiger charge is 2.37. The molecule has 0 saturated carbocycles. The lowest BCUT2D eigenvalue weighted by Gasteiger charge is -2.36. The van der Waals surface area contributed by atoms with Crippen molar-refractivity contribution in [2.45, 2.75) is 58.0 Å². The van der Waals surface area contributed by atoms with Crippen molar-refractivity contribution in [1.29, 1.82) is 0 Å². The van der Waals surface area contributed by atoms with Crippen LogP contribution in [0.25, 0.3) is 0 Å². The average molecular weight is 314 g/mol. The first kappa shape index (κ1) is 16.5. The molecule has 23 heavy (non-hydrogen) atoms. The van der Waals surface area contributed by atoms with Gasteiger partial charge < -0.3 is 4.90 Å². The Hall–Kier alpha value is -1.35. The number of carbonyl (C=O) groups is 1. The van der Waals surface area contributed by atoms with Gasteiger partial charge in [0, 0.05) is 19.1 Å². The minimum Gasteiger partial charge on any atom is -0.341 e. The molecule has 0 spiro atoms. The number of nitrogens with zero attached hydrogens (tertiary/aromatic N) is 2. The highest BCUT2D eigenvalue weighted by Crippen LogP contribution is 2.27. The van der Waals surface area contributed by atoms with Crippen molar-refractivity contribution in [1.82, 2.24) is 9.80 Å². The number of hydrogen-bond acceptors (Lipinski definition) is 2. The molecule has 1 aromatic rings. The van der Waals surface area contributed by atoms with Gasteiger partial charge in [-0.05, 0) is 57.1 Å². The van der Waals surface area contributed by atoms with Gasteiger partial charge in [0.2, 0.25) is 5.91 Å². The minimum absolute atomic E-state index is 0.140. The second-order valence-electron chi connectivity index (χ2n) is 7.23. The highest BCUT2D eigenvalue weighted by atomic mass is 16.2. The molecule has 2 fully saturated rings. The summed E-state index contributed by atoms with van der Waals surface area (Å²) in [6.45, 7) is 7.30. The molecule has 0 bridgehead atoms. The van der Waals surface area contributed by atoms with E-state index in [0.29, 0.717) is 11.9 Å². The van der Waals surface area contributed by atoms with E-state index in [-0.39, 0.29) is 6.04 Å². The molecule has 2 aliphatic rings. The zero-order chi connectivity index (χ0) is 16.2. The first-order valence-corrected chi connectivity index (χ1v) is 9.27. The number of rotatable bonds is 4. The molecule has 126 valence electrons. The maximum absolute atomic E-state index is 12.9. The zero-order valence-electron chi connectivity index (χ0n) is 14.6. The summed E-state index contributed by atoms with van der Waals surface area (Å²) in [6, 6.07) is 11.5. The van der Waals surface area contributed by atoms with Crippen LogP contribution in [-0.4, -0.2) is 47.4 Å². The van der Waals surface area contributed by atoms with E-state index < -0.39 is 0 Å². The molecule has 2 heterocycles. The van der Waals surface area contributed by atoms with E-state index in [1.54, 1.807) is 0 Å². The molecule has 1 aromatic carbocycles. The fourth-order valence-corrected chi connectivity index (χ4v) is 4.35. The smallest absolute Gasteiger partial charge is 0.239 e. The molecule has 1 unspecified atom stereocenters. The molecule has 3 nitrogen and oxygen atoms in total. The van der Waals surface area contributed by atoms with E-state index in [1.807, 2.05) is 0 Å². The molecule has 2 aliphatic heterocycles. The molecule has 3 rings (SSSR count). The van der Waals surface area contributed by atoms with E-state index in [9.17, 15) is 4.79 Å². The zero-order valence-corrected chi connectivity index (χ0v) is 14.6. The lowest BCUT2D eigenvalue weighted by Crippen LogP contribution is -2.49. The number of carbonyl (C=O) groups excluding carboxylic acids is 1. The van der Waals surface area contributed by atoms with Crippen molar-refractivity contribution in [3.8, 4) is 0 Å². The Morgan fingerprint density at radius 3 is 2.43 bits per heavy atom. The predicted molar refractivity (Wildman–Crippen MR) is 94.3 cm³/mol. The van der Waals surface area contributed by atoms with Crippen LogP contribution in [0.1, 0.15) is 45.1 Å². The molecule has 0 aliphatic carbocycles. The molecule has 0 radical (unpaired) electrons. The number of hydrogen-bond donors (Lipinski definition) is 0.